The Morgan fingerprint density at radius 1 is 1.00 bits per heavy atom. The van der Waals surface area contributed by atoms with Crippen LogP contribution >= 0.6 is 0 Å². The molecule has 0 radical (unpaired) electrons. The zero-order chi connectivity index (χ0) is 21.1. The fourth-order valence-electron chi connectivity index (χ4n) is 3.02. The second-order valence-corrected chi connectivity index (χ2v) is 6.59. The van der Waals surface area contributed by atoms with Gasteiger partial charge in [0.2, 0.25) is 5.78 Å². The van der Waals surface area contributed by atoms with Crippen molar-refractivity contribution in [1.29, 1.82) is 0 Å². The highest BCUT2D eigenvalue weighted by Crippen LogP contribution is 2.20. The van der Waals surface area contributed by atoms with Crippen LogP contribution in [0, 0.1) is 13.8 Å². The third-order valence-corrected chi connectivity index (χ3v) is 4.61. The topological polar surface area (TPSA) is 105 Å². The molecule has 0 aliphatic rings. The van der Waals surface area contributed by atoms with E-state index < -0.39 is 18.0 Å². The van der Waals surface area contributed by atoms with E-state index in [0.29, 0.717) is 11.3 Å². The summed E-state index contributed by atoms with van der Waals surface area (Å²) in [6.07, 6.45) is 1.26. The lowest BCUT2D eigenvalue weighted by atomic mass is 10.1. The van der Waals surface area contributed by atoms with Gasteiger partial charge in [0.25, 0.3) is 6.23 Å². The SMILES string of the molecule is Cc1ccccc1-n1nnc(C(=O)OC(C(=O)c2ccccc2)n2cncn2)c1C. The molecule has 0 aliphatic heterocycles. The molecule has 4 aromatic rings. The van der Waals surface area contributed by atoms with E-state index in [2.05, 4.69) is 20.4 Å². The molecule has 9 heteroatoms. The van der Waals surface area contributed by atoms with E-state index in [1.54, 1.807) is 41.9 Å². The number of nitrogens with zero attached hydrogens (tertiary/aromatic N) is 6. The van der Waals surface area contributed by atoms with Crippen LogP contribution in [0.5, 0.6) is 0 Å². The Labute approximate surface area is 171 Å². The molecule has 30 heavy (non-hydrogen) atoms. The van der Waals surface area contributed by atoms with E-state index in [1.807, 2.05) is 31.2 Å². The average molecular weight is 402 g/mol. The number of hydrogen-bond donors (Lipinski definition) is 0. The molecule has 2 aromatic heterocycles. The van der Waals surface area contributed by atoms with Gasteiger partial charge in [0.1, 0.15) is 12.7 Å². The molecule has 0 bridgehead atoms. The minimum atomic E-state index is -1.31. The maximum absolute atomic E-state index is 13.0. The molecule has 2 aromatic carbocycles. The molecule has 0 spiro atoms. The molecule has 4 rings (SSSR count). The van der Waals surface area contributed by atoms with Crippen molar-refractivity contribution in [3.05, 3.63) is 89.8 Å². The van der Waals surface area contributed by atoms with Crippen LogP contribution in [0.1, 0.15) is 38.3 Å². The summed E-state index contributed by atoms with van der Waals surface area (Å²) < 4.78 is 8.27. The molecule has 0 aliphatic carbocycles. The Bertz CT molecular complexity index is 1180. The first-order valence-corrected chi connectivity index (χ1v) is 9.19. The lowest BCUT2D eigenvalue weighted by Crippen LogP contribution is -2.26. The highest BCUT2D eigenvalue weighted by molar-refractivity contribution is 6.00. The van der Waals surface area contributed by atoms with Gasteiger partial charge in [-0.1, -0.05) is 53.7 Å². The van der Waals surface area contributed by atoms with Crippen molar-refractivity contribution in [3.8, 4) is 5.69 Å². The van der Waals surface area contributed by atoms with Crippen LogP contribution in [0.2, 0.25) is 0 Å². The van der Waals surface area contributed by atoms with Crippen LogP contribution in [0.15, 0.2) is 67.3 Å². The number of rotatable bonds is 6. The van der Waals surface area contributed by atoms with Crippen molar-refractivity contribution in [2.24, 2.45) is 0 Å². The number of carbonyl (C=O) groups excluding carboxylic acids is 2. The molecule has 9 nitrogen and oxygen atoms in total. The van der Waals surface area contributed by atoms with Gasteiger partial charge in [-0.05, 0) is 25.5 Å². The number of aromatic nitrogens is 6. The third-order valence-electron chi connectivity index (χ3n) is 4.61. The van der Waals surface area contributed by atoms with Gasteiger partial charge < -0.3 is 4.74 Å². The summed E-state index contributed by atoms with van der Waals surface area (Å²) in [6.45, 7) is 3.65. The van der Waals surface area contributed by atoms with Crippen molar-refractivity contribution in [2.75, 3.05) is 0 Å². The summed E-state index contributed by atoms with van der Waals surface area (Å²) >= 11 is 0. The zero-order valence-corrected chi connectivity index (χ0v) is 16.3. The maximum Gasteiger partial charge on any atom is 0.363 e. The molecule has 2 heterocycles. The van der Waals surface area contributed by atoms with E-state index in [9.17, 15) is 9.59 Å². The molecule has 0 fully saturated rings. The van der Waals surface area contributed by atoms with Gasteiger partial charge in [0, 0.05) is 5.56 Å². The number of carbonyl (C=O) groups is 2. The van der Waals surface area contributed by atoms with Crippen LogP contribution < -0.4 is 0 Å². The van der Waals surface area contributed by atoms with Crippen LogP contribution in [0.25, 0.3) is 5.69 Å². The van der Waals surface area contributed by atoms with E-state index in [1.165, 1.54) is 17.3 Å². The zero-order valence-electron chi connectivity index (χ0n) is 16.3. The number of ketones is 1. The lowest BCUT2D eigenvalue weighted by molar-refractivity contribution is 0.00738. The van der Waals surface area contributed by atoms with E-state index in [-0.39, 0.29) is 5.69 Å². The normalized spacial score (nSPS) is 11.8. The number of esters is 1. The molecule has 0 saturated carbocycles. The van der Waals surface area contributed by atoms with Crippen molar-refractivity contribution in [1.82, 2.24) is 29.8 Å². The molecular formula is C21H18N6O3. The van der Waals surface area contributed by atoms with E-state index in [4.69, 9.17) is 4.74 Å². The second-order valence-electron chi connectivity index (χ2n) is 6.59. The predicted octanol–water partition coefficient (Wildman–Crippen LogP) is 2.71. The highest BCUT2D eigenvalue weighted by atomic mass is 16.6. The Morgan fingerprint density at radius 3 is 2.43 bits per heavy atom. The Morgan fingerprint density at radius 2 is 1.73 bits per heavy atom. The average Bonchev–Trinajstić information content (AvgIpc) is 3.43. The summed E-state index contributed by atoms with van der Waals surface area (Å²) in [6, 6.07) is 16.1. The van der Waals surface area contributed by atoms with Gasteiger partial charge in [0.15, 0.2) is 5.69 Å². The van der Waals surface area contributed by atoms with E-state index in [0.717, 1.165) is 11.3 Å². The highest BCUT2D eigenvalue weighted by Gasteiger charge is 2.30. The van der Waals surface area contributed by atoms with Gasteiger partial charge in [-0.15, -0.1) is 5.10 Å². The first-order valence-electron chi connectivity index (χ1n) is 9.19. The van der Waals surface area contributed by atoms with Crippen LogP contribution in [-0.4, -0.2) is 41.5 Å². The van der Waals surface area contributed by atoms with Crippen molar-refractivity contribution < 1.29 is 14.3 Å². The number of ether oxygens (including phenoxy) is 1. The quantitative estimate of drug-likeness (QED) is 0.361. The monoisotopic (exact) mass is 402 g/mol. The Kier molecular flexibility index (Phi) is 5.17. The largest absolute Gasteiger partial charge is 0.427 e. The third kappa shape index (κ3) is 3.60. The van der Waals surface area contributed by atoms with Crippen molar-refractivity contribution in [2.45, 2.75) is 20.1 Å². The fraction of sp³-hybridized carbons (Fsp3) is 0.143. The minimum absolute atomic E-state index is 0.0178. The minimum Gasteiger partial charge on any atom is -0.427 e. The smallest absolute Gasteiger partial charge is 0.363 e. The van der Waals surface area contributed by atoms with Crippen molar-refractivity contribution in [3.63, 3.8) is 0 Å². The molecule has 1 atom stereocenters. The first kappa shape index (κ1) is 19.2. The molecular weight excluding hydrogens is 384 g/mol. The van der Waals surface area contributed by atoms with Crippen LogP contribution in [-0.2, 0) is 4.74 Å². The first-order chi connectivity index (χ1) is 14.6. The molecule has 1 unspecified atom stereocenters. The van der Waals surface area contributed by atoms with Gasteiger partial charge in [-0.3, -0.25) is 4.79 Å². The van der Waals surface area contributed by atoms with Gasteiger partial charge in [-0.25, -0.2) is 19.1 Å². The van der Waals surface area contributed by atoms with E-state index >= 15 is 0 Å². The van der Waals surface area contributed by atoms with Crippen molar-refractivity contribution >= 4 is 11.8 Å². The van der Waals surface area contributed by atoms with Gasteiger partial charge in [-0.2, -0.15) is 5.10 Å². The van der Waals surface area contributed by atoms with Crippen LogP contribution in [0.4, 0.5) is 0 Å². The number of benzene rings is 2. The fourth-order valence-corrected chi connectivity index (χ4v) is 3.02. The standard InChI is InChI=1S/C21H18N6O3/c1-14-8-6-7-11-17(14)27-15(2)18(24-25-27)21(29)30-20(26-13-22-12-23-26)19(28)16-9-4-3-5-10-16/h3-13,20H,1-2H3. The molecule has 0 N–H and O–H groups in total. The van der Waals surface area contributed by atoms with Crippen LogP contribution in [0.3, 0.4) is 0 Å². The number of aryl methyl sites for hydroxylation is 1. The number of para-hydroxylation sites is 1. The Balaban J connectivity index is 1.64. The Hall–Kier alpha value is -4.14. The molecule has 0 amide bonds. The second kappa shape index (κ2) is 8.08. The maximum atomic E-state index is 13.0. The summed E-state index contributed by atoms with van der Waals surface area (Å²) in [5.74, 6) is -1.21. The van der Waals surface area contributed by atoms with Gasteiger partial charge in [0.05, 0.1) is 11.4 Å². The summed E-state index contributed by atoms with van der Waals surface area (Å²) in [5, 5.41) is 12.0. The van der Waals surface area contributed by atoms with Gasteiger partial charge >= 0.3 is 5.97 Å². The predicted molar refractivity (Wildman–Crippen MR) is 106 cm³/mol. The number of Topliss-reactive ketones (excluding diaryl/α,β-unsaturated/α-hetero) is 1. The molecule has 150 valence electrons. The summed E-state index contributed by atoms with van der Waals surface area (Å²) in [4.78, 5) is 29.7. The summed E-state index contributed by atoms with van der Waals surface area (Å²) in [7, 11) is 0. The number of hydrogen-bond acceptors (Lipinski definition) is 7. The summed E-state index contributed by atoms with van der Waals surface area (Å²) in [5.41, 5.74) is 2.68. The molecule has 0 saturated heterocycles. The lowest BCUT2D eigenvalue weighted by Gasteiger charge is -2.16.